The lowest BCUT2D eigenvalue weighted by Crippen LogP contribution is -2.63. The summed E-state index contributed by atoms with van der Waals surface area (Å²) in [6.07, 6.45) is 19.0. The third kappa shape index (κ3) is 4.32. The molecule has 236 valence electrons. The van der Waals surface area contributed by atoms with Crippen molar-refractivity contribution in [3.63, 3.8) is 0 Å². The van der Waals surface area contributed by atoms with E-state index < -0.39 is 24.4 Å². The van der Waals surface area contributed by atoms with Crippen LogP contribution in [0.5, 0.6) is 0 Å². The van der Waals surface area contributed by atoms with Crippen LogP contribution in [0.4, 0.5) is 0 Å². The highest BCUT2D eigenvalue weighted by atomic mass is 16.5. The molecule has 0 aromatic carbocycles. The van der Waals surface area contributed by atoms with Gasteiger partial charge in [0.2, 0.25) is 0 Å². The average Bonchev–Trinajstić information content (AvgIpc) is 3.00. The third-order valence-corrected chi connectivity index (χ3v) is 16.3. The molecule has 1 heterocycles. The van der Waals surface area contributed by atoms with Gasteiger partial charge in [-0.1, -0.05) is 19.3 Å². The highest BCUT2D eigenvalue weighted by Gasteiger charge is 2.62. The SMILES string of the molecule is OC1CC2CCC3OC4CCC5CC(O)C(O)CC5C4C(C4CC5CCC6CCCC7CCC(C4)C5C67)C3C2CC1O. The molecule has 4 N–H and O–H groups in total. The number of aliphatic hydroxyl groups excluding tert-OH is 4. The summed E-state index contributed by atoms with van der Waals surface area (Å²) in [5.41, 5.74) is 0. The minimum atomic E-state index is -0.596. The maximum absolute atomic E-state index is 11.0. The lowest BCUT2D eigenvalue weighted by Gasteiger charge is -2.64. The van der Waals surface area contributed by atoms with Crippen LogP contribution in [0.2, 0.25) is 0 Å². The van der Waals surface area contributed by atoms with E-state index in [-0.39, 0.29) is 0 Å². The molecule has 5 nitrogen and oxygen atoms in total. The first-order valence-electron chi connectivity index (χ1n) is 18.8. The lowest BCUT2D eigenvalue weighted by atomic mass is 9.43. The van der Waals surface area contributed by atoms with Gasteiger partial charge in [0.05, 0.1) is 36.6 Å². The quantitative estimate of drug-likeness (QED) is 0.325. The van der Waals surface area contributed by atoms with Crippen molar-refractivity contribution in [1.82, 2.24) is 0 Å². The number of fused-ring (bicyclic) bond motifs is 6. The fourth-order valence-corrected chi connectivity index (χ4v) is 15.0. The van der Waals surface area contributed by atoms with Crippen LogP contribution in [-0.4, -0.2) is 57.0 Å². The molecule has 42 heavy (non-hydrogen) atoms. The summed E-state index contributed by atoms with van der Waals surface area (Å²) >= 11 is 0. The van der Waals surface area contributed by atoms with Gasteiger partial charge in [0.15, 0.2) is 0 Å². The monoisotopic (exact) mass is 582 g/mol. The van der Waals surface area contributed by atoms with E-state index in [4.69, 9.17) is 4.74 Å². The van der Waals surface area contributed by atoms with Crippen molar-refractivity contribution < 1.29 is 25.2 Å². The zero-order chi connectivity index (χ0) is 28.3. The Labute approximate surface area is 253 Å². The third-order valence-electron chi connectivity index (χ3n) is 16.3. The molecular formula is C37H58O5. The summed E-state index contributed by atoms with van der Waals surface area (Å²) in [5, 5.41) is 43.3. The Morgan fingerprint density at radius 1 is 0.333 bits per heavy atom. The Kier molecular flexibility index (Phi) is 7.13. The van der Waals surface area contributed by atoms with Gasteiger partial charge in [-0.2, -0.15) is 0 Å². The van der Waals surface area contributed by atoms with Crippen LogP contribution >= 0.6 is 0 Å². The Morgan fingerprint density at radius 2 is 0.762 bits per heavy atom. The van der Waals surface area contributed by atoms with Crippen LogP contribution in [0, 0.1) is 82.9 Å². The maximum Gasteiger partial charge on any atom is 0.0802 e. The van der Waals surface area contributed by atoms with E-state index in [2.05, 4.69) is 0 Å². The molecule has 0 aromatic heterocycles. The number of hydrogen-bond acceptors (Lipinski definition) is 5. The molecule has 8 saturated carbocycles. The van der Waals surface area contributed by atoms with Crippen LogP contribution in [0.15, 0.2) is 0 Å². The molecule has 5 heteroatoms. The minimum Gasteiger partial charge on any atom is -0.390 e. The molecule has 8 aliphatic carbocycles. The summed E-state index contributed by atoms with van der Waals surface area (Å²) in [7, 11) is 0. The first kappa shape index (κ1) is 28.1. The molecule has 9 aliphatic rings. The van der Waals surface area contributed by atoms with Crippen molar-refractivity contribution in [2.24, 2.45) is 82.9 Å². The zero-order valence-electron chi connectivity index (χ0n) is 25.8. The topological polar surface area (TPSA) is 90.2 Å². The van der Waals surface area contributed by atoms with Gasteiger partial charge in [0.1, 0.15) is 0 Å². The Bertz CT molecular complexity index is 931. The summed E-state index contributed by atoms with van der Waals surface area (Å²) in [4.78, 5) is 0. The first-order valence-corrected chi connectivity index (χ1v) is 18.8. The van der Waals surface area contributed by atoms with Crippen LogP contribution in [0.3, 0.4) is 0 Å². The molecular weight excluding hydrogens is 524 g/mol. The predicted molar refractivity (Wildman–Crippen MR) is 160 cm³/mol. The fraction of sp³-hybridized carbons (Fsp3) is 1.00. The second-order valence-electron chi connectivity index (χ2n) is 17.7. The standard InChI is InChI=1S/C37H58O5/c38-27-14-20-8-10-31-36(25(20)16-29(27)40)35(37-26-17-30(41)28(39)15-21(26)9-11-32(37)42-31)24-12-22-6-4-18-2-1-3-19-5-7-23(13-24)34(22)33(18)19/h18-41H,1-17H2. The molecule has 0 radical (unpaired) electrons. The van der Waals surface area contributed by atoms with Crippen molar-refractivity contribution in [1.29, 1.82) is 0 Å². The second kappa shape index (κ2) is 10.7. The molecule has 0 aromatic rings. The molecule has 0 amide bonds. The smallest absolute Gasteiger partial charge is 0.0802 e. The van der Waals surface area contributed by atoms with E-state index in [1.807, 2.05) is 0 Å². The number of ether oxygens (including phenoxy) is 1. The van der Waals surface area contributed by atoms with Gasteiger partial charge in [-0.25, -0.2) is 0 Å². The largest absolute Gasteiger partial charge is 0.390 e. The number of aliphatic hydroxyl groups is 4. The van der Waals surface area contributed by atoms with Crippen molar-refractivity contribution in [2.75, 3.05) is 0 Å². The lowest BCUT2D eigenvalue weighted by molar-refractivity contribution is -0.249. The van der Waals surface area contributed by atoms with Gasteiger partial charge in [-0.3, -0.25) is 0 Å². The second-order valence-corrected chi connectivity index (χ2v) is 17.7. The fourth-order valence-electron chi connectivity index (χ4n) is 15.0. The molecule has 0 bridgehead atoms. The first-order chi connectivity index (χ1) is 20.4. The van der Waals surface area contributed by atoms with Crippen molar-refractivity contribution in [3.8, 4) is 0 Å². The Balaban J connectivity index is 1.08. The number of rotatable bonds is 1. The number of hydrogen-bond donors (Lipinski definition) is 4. The van der Waals surface area contributed by atoms with Crippen LogP contribution in [0.25, 0.3) is 0 Å². The highest BCUT2D eigenvalue weighted by Crippen LogP contribution is 2.66. The zero-order valence-corrected chi connectivity index (χ0v) is 25.8. The van der Waals surface area contributed by atoms with E-state index in [0.717, 1.165) is 92.8 Å². The van der Waals surface area contributed by atoms with Crippen molar-refractivity contribution >= 4 is 0 Å². The normalized spacial score (nSPS) is 62.0. The predicted octanol–water partition coefficient (Wildman–Crippen LogP) is 5.56. The molecule has 9 rings (SSSR count). The average molecular weight is 583 g/mol. The van der Waals surface area contributed by atoms with Crippen molar-refractivity contribution in [2.45, 2.75) is 146 Å². The molecule has 16 unspecified atom stereocenters. The van der Waals surface area contributed by atoms with Gasteiger partial charge >= 0.3 is 0 Å². The Morgan fingerprint density at radius 3 is 1.29 bits per heavy atom. The van der Waals surface area contributed by atoms with E-state index in [9.17, 15) is 20.4 Å². The van der Waals surface area contributed by atoms with E-state index >= 15 is 0 Å². The molecule has 9 fully saturated rings. The summed E-state index contributed by atoms with van der Waals surface area (Å²) in [6.45, 7) is 0. The van der Waals surface area contributed by atoms with E-state index in [1.165, 1.54) is 57.8 Å². The van der Waals surface area contributed by atoms with Crippen LogP contribution < -0.4 is 0 Å². The molecule has 1 aliphatic heterocycles. The Hall–Kier alpha value is -0.200. The van der Waals surface area contributed by atoms with Gasteiger partial charge in [0.25, 0.3) is 0 Å². The van der Waals surface area contributed by atoms with E-state index in [1.54, 1.807) is 0 Å². The minimum absolute atomic E-state index is 0.304. The highest BCUT2D eigenvalue weighted by molar-refractivity contribution is 5.10. The van der Waals surface area contributed by atoms with Crippen molar-refractivity contribution in [3.05, 3.63) is 0 Å². The van der Waals surface area contributed by atoms with Gasteiger partial charge in [-0.05, 0) is 173 Å². The summed E-state index contributed by atoms with van der Waals surface area (Å²) in [6, 6.07) is 0. The van der Waals surface area contributed by atoms with Gasteiger partial charge in [0, 0.05) is 0 Å². The molecule has 0 spiro atoms. The maximum atomic E-state index is 11.0. The molecule has 16 atom stereocenters. The summed E-state index contributed by atoms with van der Waals surface area (Å²) in [5.74, 6) is 10.1. The van der Waals surface area contributed by atoms with Gasteiger partial charge in [-0.15, -0.1) is 0 Å². The van der Waals surface area contributed by atoms with Crippen LogP contribution in [0.1, 0.15) is 109 Å². The van der Waals surface area contributed by atoms with E-state index in [0.29, 0.717) is 53.6 Å². The summed E-state index contributed by atoms with van der Waals surface area (Å²) < 4.78 is 7.19. The van der Waals surface area contributed by atoms with Crippen LogP contribution in [-0.2, 0) is 4.74 Å². The molecule has 1 saturated heterocycles. The van der Waals surface area contributed by atoms with Gasteiger partial charge < -0.3 is 25.2 Å².